The van der Waals surface area contributed by atoms with Crippen LogP contribution >= 0.6 is 0 Å². The van der Waals surface area contributed by atoms with Crippen LogP contribution in [-0.4, -0.2) is 39.4 Å². The van der Waals surface area contributed by atoms with E-state index >= 15 is 0 Å². The fourth-order valence-electron chi connectivity index (χ4n) is 2.78. The molecule has 0 saturated heterocycles. The van der Waals surface area contributed by atoms with Gasteiger partial charge >= 0.3 is 11.9 Å². The lowest BCUT2D eigenvalue weighted by Gasteiger charge is -2.23. The summed E-state index contributed by atoms with van der Waals surface area (Å²) in [5, 5.41) is 26.6. The molecule has 1 aromatic carbocycles. The first kappa shape index (κ1) is 19.2. The molecular weight excluding hydrogens is 340 g/mol. The van der Waals surface area contributed by atoms with Gasteiger partial charge in [-0.2, -0.15) is 0 Å². The van der Waals surface area contributed by atoms with Crippen molar-refractivity contribution in [1.29, 1.82) is 0 Å². The van der Waals surface area contributed by atoms with E-state index in [-0.39, 0.29) is 0 Å². The minimum atomic E-state index is -1.26. The number of aliphatic hydroxyl groups excluding tert-OH is 1. The van der Waals surface area contributed by atoms with Crippen molar-refractivity contribution in [3.05, 3.63) is 41.6 Å². The van der Waals surface area contributed by atoms with Crippen molar-refractivity contribution in [2.24, 2.45) is 0 Å². The van der Waals surface area contributed by atoms with Crippen molar-refractivity contribution in [2.45, 2.75) is 25.4 Å². The summed E-state index contributed by atoms with van der Waals surface area (Å²) >= 11 is 0. The van der Waals surface area contributed by atoms with Crippen molar-refractivity contribution in [3.8, 4) is 5.75 Å². The first-order chi connectivity index (χ1) is 12.3. The van der Waals surface area contributed by atoms with Gasteiger partial charge in [0.05, 0.1) is 18.7 Å². The topological polar surface area (TPSA) is 143 Å². The molecule has 0 bridgehead atoms. The molecule has 1 heterocycles. The zero-order chi connectivity index (χ0) is 19.3. The van der Waals surface area contributed by atoms with Gasteiger partial charge in [0.25, 0.3) is 0 Å². The zero-order valence-corrected chi connectivity index (χ0v) is 14.2. The van der Waals surface area contributed by atoms with E-state index in [9.17, 15) is 14.7 Å². The van der Waals surface area contributed by atoms with Crippen molar-refractivity contribution >= 4 is 28.5 Å². The lowest BCUT2D eigenvalue weighted by molar-refractivity contribution is -0.134. The second-order valence-corrected chi connectivity index (χ2v) is 5.69. The van der Waals surface area contributed by atoms with Gasteiger partial charge in [0.1, 0.15) is 5.75 Å². The molecule has 0 aliphatic heterocycles. The van der Waals surface area contributed by atoms with E-state index in [1.54, 1.807) is 7.11 Å². The molecule has 1 aromatic heterocycles. The maximum Gasteiger partial charge on any atom is 0.328 e. The molecular formula is C18H20N2O6. The number of aliphatic carboxylic acids is 2. The summed E-state index contributed by atoms with van der Waals surface area (Å²) in [4.78, 5) is 23.7. The Morgan fingerprint density at radius 3 is 2.50 bits per heavy atom. The third-order valence-electron chi connectivity index (χ3n) is 3.94. The number of fused-ring (bicyclic) bond motifs is 2. The van der Waals surface area contributed by atoms with E-state index in [1.165, 1.54) is 0 Å². The average Bonchev–Trinajstić information content (AvgIpc) is 2.60. The number of nitrogens with two attached hydrogens (primary N) is 1. The van der Waals surface area contributed by atoms with E-state index in [0.717, 1.165) is 47.2 Å². The number of aryl methyl sites for hydroxylation is 1. The number of carboxylic acids is 2. The van der Waals surface area contributed by atoms with E-state index < -0.39 is 18.0 Å². The quantitative estimate of drug-likeness (QED) is 0.608. The van der Waals surface area contributed by atoms with Crippen LogP contribution in [0.3, 0.4) is 0 Å². The number of hydrogen-bond donors (Lipinski definition) is 4. The Bertz CT molecular complexity index is 846. The molecule has 0 saturated carbocycles. The molecule has 1 aliphatic carbocycles. The molecule has 1 aliphatic rings. The third-order valence-corrected chi connectivity index (χ3v) is 3.94. The van der Waals surface area contributed by atoms with Crippen LogP contribution in [0, 0.1) is 0 Å². The Morgan fingerprint density at radius 2 is 1.92 bits per heavy atom. The summed E-state index contributed by atoms with van der Waals surface area (Å²) < 4.78 is 5.20. The number of aromatic nitrogens is 1. The minimum Gasteiger partial charge on any atom is -0.497 e. The lowest BCUT2D eigenvalue weighted by atomic mass is 9.90. The van der Waals surface area contributed by atoms with Crippen LogP contribution in [0.25, 0.3) is 10.9 Å². The lowest BCUT2D eigenvalue weighted by Crippen LogP contribution is -2.14. The molecule has 5 N–H and O–H groups in total. The molecule has 138 valence electrons. The number of hydrogen-bond acceptors (Lipinski definition) is 6. The fourth-order valence-corrected chi connectivity index (χ4v) is 2.78. The second-order valence-electron chi connectivity index (χ2n) is 5.69. The number of carboxylic acid groups (broad SMARTS) is 2. The minimum absolute atomic E-state index is 0.479. The van der Waals surface area contributed by atoms with Gasteiger partial charge in [-0.1, -0.05) is 0 Å². The predicted octanol–water partition coefficient (Wildman–Crippen LogP) is 1.91. The Hall–Kier alpha value is -3.13. The first-order valence-corrected chi connectivity index (χ1v) is 7.91. The van der Waals surface area contributed by atoms with Crippen molar-refractivity contribution in [2.75, 3.05) is 12.8 Å². The fraction of sp³-hybridized carbons (Fsp3) is 0.278. The largest absolute Gasteiger partial charge is 0.497 e. The Balaban J connectivity index is 0.000000260. The average molecular weight is 360 g/mol. The van der Waals surface area contributed by atoms with Gasteiger partial charge in [0, 0.05) is 40.5 Å². The number of aliphatic hydroxyl groups is 1. The Kier molecular flexibility index (Phi) is 6.13. The highest BCUT2D eigenvalue weighted by atomic mass is 16.5. The first-order valence-electron chi connectivity index (χ1n) is 7.91. The van der Waals surface area contributed by atoms with Gasteiger partial charge in [-0.15, -0.1) is 0 Å². The summed E-state index contributed by atoms with van der Waals surface area (Å²) in [6.07, 6.45) is 3.23. The molecule has 8 nitrogen and oxygen atoms in total. The summed E-state index contributed by atoms with van der Waals surface area (Å²) in [5.41, 5.74) is 9.41. The molecule has 2 aromatic rings. The Morgan fingerprint density at radius 1 is 1.27 bits per heavy atom. The smallest absolute Gasteiger partial charge is 0.328 e. The normalized spacial score (nSPS) is 15.8. The standard InChI is InChI=1S/C14H16N2O2.C4H4O4/c1-18-8-5-6-9-11(7-8)16-10-3-2-4-12(17)13(10)14(9)15;5-3(6)1-2-4(7)8/h5-7,12,17H,2-4H2,1H3,(H2,15,16);1-2H,(H,5,6)(H,7,8). The molecule has 0 radical (unpaired) electrons. The monoisotopic (exact) mass is 360 g/mol. The van der Waals surface area contributed by atoms with E-state index in [0.29, 0.717) is 17.8 Å². The summed E-state index contributed by atoms with van der Waals surface area (Å²) in [7, 11) is 1.63. The molecule has 1 atom stereocenters. The van der Waals surface area contributed by atoms with Crippen LogP contribution in [0.15, 0.2) is 30.4 Å². The van der Waals surface area contributed by atoms with Crippen molar-refractivity contribution in [1.82, 2.24) is 4.98 Å². The van der Waals surface area contributed by atoms with Crippen LogP contribution in [0.4, 0.5) is 5.69 Å². The molecule has 0 amide bonds. The second kappa shape index (κ2) is 8.30. The van der Waals surface area contributed by atoms with Crippen molar-refractivity contribution < 1.29 is 29.6 Å². The van der Waals surface area contributed by atoms with Crippen molar-refractivity contribution in [3.63, 3.8) is 0 Å². The summed E-state index contributed by atoms with van der Waals surface area (Å²) in [5.74, 6) is -1.74. The molecule has 3 rings (SSSR count). The number of carbonyl (C=O) groups is 2. The summed E-state index contributed by atoms with van der Waals surface area (Å²) in [6, 6.07) is 5.65. The predicted molar refractivity (Wildman–Crippen MR) is 95.0 cm³/mol. The third kappa shape index (κ3) is 4.48. The van der Waals surface area contributed by atoms with Crippen LogP contribution in [-0.2, 0) is 16.0 Å². The maximum atomic E-state index is 10.1. The molecule has 0 spiro atoms. The van der Waals surface area contributed by atoms with Crippen LogP contribution < -0.4 is 10.5 Å². The van der Waals surface area contributed by atoms with Gasteiger partial charge in [0.15, 0.2) is 0 Å². The number of methoxy groups -OCH3 is 1. The highest BCUT2D eigenvalue weighted by Crippen LogP contribution is 2.37. The maximum absolute atomic E-state index is 10.1. The number of rotatable bonds is 3. The number of pyridine rings is 1. The number of anilines is 1. The molecule has 8 heteroatoms. The van der Waals surface area contributed by atoms with Gasteiger partial charge in [0.2, 0.25) is 0 Å². The van der Waals surface area contributed by atoms with Gasteiger partial charge in [-0.05, 0) is 31.4 Å². The summed E-state index contributed by atoms with van der Waals surface area (Å²) in [6.45, 7) is 0. The number of ether oxygens (including phenoxy) is 1. The van der Waals surface area contributed by atoms with Crippen LogP contribution in [0.1, 0.15) is 30.2 Å². The highest BCUT2D eigenvalue weighted by molar-refractivity contribution is 5.93. The van der Waals surface area contributed by atoms with Gasteiger partial charge in [-0.3, -0.25) is 4.98 Å². The van der Waals surface area contributed by atoms with E-state index in [2.05, 4.69) is 4.98 Å². The number of benzene rings is 1. The zero-order valence-electron chi connectivity index (χ0n) is 14.2. The van der Waals surface area contributed by atoms with Crippen LogP contribution in [0.2, 0.25) is 0 Å². The van der Waals surface area contributed by atoms with Gasteiger partial charge in [-0.25, -0.2) is 9.59 Å². The number of nitrogens with zero attached hydrogens (tertiary/aromatic N) is 1. The van der Waals surface area contributed by atoms with Crippen LogP contribution in [0.5, 0.6) is 5.75 Å². The Labute approximate surface area is 149 Å². The molecule has 1 unspecified atom stereocenters. The van der Waals surface area contributed by atoms with Gasteiger partial charge < -0.3 is 25.8 Å². The van der Waals surface area contributed by atoms with E-state index in [4.69, 9.17) is 20.7 Å². The molecule has 0 fully saturated rings. The molecule has 26 heavy (non-hydrogen) atoms. The highest BCUT2D eigenvalue weighted by Gasteiger charge is 2.23. The number of nitrogen functional groups attached to an aromatic ring is 1. The van der Waals surface area contributed by atoms with E-state index in [1.807, 2.05) is 18.2 Å². The SMILES string of the molecule is COc1ccc2c(N)c3c(nc2c1)CCCC3O.O=C(O)C=CC(=O)O.